The third-order valence-electron chi connectivity index (χ3n) is 6.59. The van der Waals surface area contributed by atoms with Crippen LogP contribution in [0, 0.1) is 0 Å². The number of methoxy groups -OCH3 is 2. The molecule has 0 atom stereocenters. The van der Waals surface area contributed by atoms with Gasteiger partial charge in [0.2, 0.25) is 11.8 Å². The maximum absolute atomic E-state index is 12.6. The molecule has 0 unspecified atom stereocenters. The highest BCUT2D eigenvalue weighted by Gasteiger charge is 2.14. The SMILES string of the molecule is COc1ccc(C(=O)Oc2ccc(Br)cc2/C=N/NC(=O)CCCC(=O)N/N=C/c2cc(Br)ccc2OC(=O)c2ccc(OC)cc2)cc1. The number of carbonyl (C=O) groups excluding carboxylic acids is 4. The third kappa shape index (κ3) is 11.4. The van der Waals surface area contributed by atoms with Gasteiger partial charge in [0.05, 0.1) is 37.8 Å². The van der Waals surface area contributed by atoms with Crippen molar-refractivity contribution in [2.75, 3.05) is 14.2 Å². The van der Waals surface area contributed by atoms with E-state index in [1.54, 1.807) is 84.9 Å². The Morgan fingerprint density at radius 3 is 1.37 bits per heavy atom. The van der Waals surface area contributed by atoms with E-state index < -0.39 is 23.8 Å². The predicted molar refractivity (Wildman–Crippen MR) is 190 cm³/mol. The van der Waals surface area contributed by atoms with Crippen molar-refractivity contribution in [1.82, 2.24) is 10.9 Å². The van der Waals surface area contributed by atoms with E-state index in [0.29, 0.717) is 42.7 Å². The predicted octanol–water partition coefficient (Wildman–Crippen LogP) is 6.44. The summed E-state index contributed by atoms with van der Waals surface area (Å²) < 4.78 is 22.7. The highest BCUT2D eigenvalue weighted by atomic mass is 79.9. The molecule has 0 fully saturated rings. The van der Waals surface area contributed by atoms with Gasteiger partial charge in [-0.1, -0.05) is 31.9 Å². The summed E-state index contributed by atoms with van der Waals surface area (Å²) in [6.07, 6.45) is 2.97. The molecule has 0 radical (unpaired) electrons. The Labute approximate surface area is 298 Å². The fourth-order valence-corrected chi connectivity index (χ4v) is 4.82. The van der Waals surface area contributed by atoms with Gasteiger partial charge < -0.3 is 18.9 Å². The lowest BCUT2D eigenvalue weighted by Crippen LogP contribution is -2.20. The van der Waals surface area contributed by atoms with Gasteiger partial charge in [0.1, 0.15) is 23.0 Å². The molecule has 0 saturated carbocycles. The van der Waals surface area contributed by atoms with Crippen molar-refractivity contribution in [3.63, 3.8) is 0 Å². The standard InChI is InChI=1S/C35H30Br2N4O8/c1-46-28-12-6-22(7-13-28)34(44)48-30-16-10-26(36)18-24(30)20-38-40-32(42)4-3-5-33(43)41-39-21-25-19-27(37)11-17-31(25)49-35(45)23-8-14-29(47-2)15-9-23/h6-21H,3-5H2,1-2H3,(H,40,42)(H,41,43)/b38-20+,39-21+. The highest BCUT2D eigenvalue weighted by molar-refractivity contribution is 9.10. The maximum Gasteiger partial charge on any atom is 0.343 e. The van der Waals surface area contributed by atoms with E-state index in [0.717, 1.165) is 0 Å². The summed E-state index contributed by atoms with van der Waals surface area (Å²) in [7, 11) is 3.06. The number of hydrogen-bond acceptors (Lipinski definition) is 10. The Kier molecular flexibility index (Phi) is 13.6. The molecule has 0 aliphatic rings. The molecule has 0 bridgehead atoms. The lowest BCUT2D eigenvalue weighted by molar-refractivity contribution is -0.122. The summed E-state index contributed by atoms with van der Waals surface area (Å²) in [5.74, 6) is -0.289. The van der Waals surface area contributed by atoms with E-state index in [4.69, 9.17) is 18.9 Å². The minimum absolute atomic E-state index is 0.0172. The third-order valence-corrected chi connectivity index (χ3v) is 7.58. The lowest BCUT2D eigenvalue weighted by Gasteiger charge is -2.09. The fourth-order valence-electron chi connectivity index (χ4n) is 4.07. The molecule has 4 aromatic carbocycles. The number of nitrogens with one attached hydrogen (secondary N) is 2. The van der Waals surface area contributed by atoms with Crippen molar-refractivity contribution in [3.05, 3.63) is 116 Å². The molecule has 0 spiro atoms. The van der Waals surface area contributed by atoms with Crippen LogP contribution in [0.5, 0.6) is 23.0 Å². The summed E-state index contributed by atoms with van der Waals surface area (Å²) in [5, 5.41) is 7.93. The molecule has 12 nitrogen and oxygen atoms in total. The van der Waals surface area contributed by atoms with Crippen molar-refractivity contribution in [2.45, 2.75) is 19.3 Å². The summed E-state index contributed by atoms with van der Waals surface area (Å²) in [4.78, 5) is 49.9. The largest absolute Gasteiger partial charge is 0.497 e. The average molecular weight is 794 g/mol. The molecule has 49 heavy (non-hydrogen) atoms. The van der Waals surface area contributed by atoms with Crippen LogP contribution in [-0.2, 0) is 9.59 Å². The van der Waals surface area contributed by atoms with Crippen LogP contribution in [0.15, 0.2) is 104 Å². The van der Waals surface area contributed by atoms with Gasteiger partial charge in [-0.25, -0.2) is 20.4 Å². The Morgan fingerprint density at radius 2 is 1.00 bits per heavy atom. The van der Waals surface area contributed by atoms with Gasteiger partial charge in [-0.2, -0.15) is 10.2 Å². The lowest BCUT2D eigenvalue weighted by atomic mass is 10.2. The van der Waals surface area contributed by atoms with Crippen molar-refractivity contribution in [2.24, 2.45) is 10.2 Å². The van der Waals surface area contributed by atoms with Crippen LogP contribution < -0.4 is 29.8 Å². The zero-order chi connectivity index (χ0) is 35.2. The number of hydrogen-bond donors (Lipinski definition) is 2. The van der Waals surface area contributed by atoms with E-state index in [2.05, 4.69) is 52.9 Å². The molecule has 252 valence electrons. The number of amides is 2. The van der Waals surface area contributed by atoms with Crippen LogP contribution in [0.4, 0.5) is 0 Å². The molecule has 2 amide bonds. The molecule has 0 aliphatic carbocycles. The molecular weight excluding hydrogens is 764 g/mol. The first-order valence-electron chi connectivity index (χ1n) is 14.6. The molecule has 0 saturated heterocycles. The van der Waals surface area contributed by atoms with Gasteiger partial charge in [0.15, 0.2) is 0 Å². The van der Waals surface area contributed by atoms with E-state index in [9.17, 15) is 19.2 Å². The number of hydrazone groups is 2. The summed E-state index contributed by atoms with van der Waals surface area (Å²) in [5.41, 5.74) is 6.36. The Bertz CT molecular complexity index is 1730. The zero-order valence-electron chi connectivity index (χ0n) is 26.3. The number of ether oxygens (including phenoxy) is 4. The maximum atomic E-state index is 12.6. The zero-order valence-corrected chi connectivity index (χ0v) is 29.4. The number of rotatable bonds is 14. The van der Waals surface area contributed by atoms with Gasteiger partial charge in [-0.15, -0.1) is 0 Å². The van der Waals surface area contributed by atoms with Crippen LogP contribution in [0.2, 0.25) is 0 Å². The van der Waals surface area contributed by atoms with Crippen molar-refractivity contribution in [1.29, 1.82) is 0 Å². The summed E-state index contributed by atoms with van der Waals surface area (Å²) in [6.45, 7) is 0. The minimum Gasteiger partial charge on any atom is -0.497 e. The molecule has 4 rings (SSSR count). The molecule has 0 aromatic heterocycles. The molecule has 4 aromatic rings. The van der Waals surface area contributed by atoms with Crippen molar-refractivity contribution in [3.8, 4) is 23.0 Å². The second-order valence-corrected chi connectivity index (χ2v) is 11.9. The van der Waals surface area contributed by atoms with E-state index in [1.165, 1.54) is 26.6 Å². The first-order chi connectivity index (χ1) is 23.6. The van der Waals surface area contributed by atoms with Crippen molar-refractivity contribution >= 4 is 68.0 Å². The van der Waals surface area contributed by atoms with Gasteiger partial charge in [0, 0.05) is 32.9 Å². The van der Waals surface area contributed by atoms with Crippen LogP contribution in [0.1, 0.15) is 51.1 Å². The van der Waals surface area contributed by atoms with Crippen LogP contribution in [0.3, 0.4) is 0 Å². The first-order valence-corrected chi connectivity index (χ1v) is 16.2. The second-order valence-electron chi connectivity index (χ2n) is 10.0. The van der Waals surface area contributed by atoms with Crippen LogP contribution >= 0.6 is 31.9 Å². The van der Waals surface area contributed by atoms with E-state index >= 15 is 0 Å². The molecule has 2 N–H and O–H groups in total. The summed E-state index contributed by atoms with van der Waals surface area (Å²) >= 11 is 6.75. The Hall–Kier alpha value is -5.34. The molecule has 14 heteroatoms. The van der Waals surface area contributed by atoms with Crippen LogP contribution in [-0.4, -0.2) is 50.4 Å². The van der Waals surface area contributed by atoms with Gasteiger partial charge in [0.25, 0.3) is 0 Å². The number of benzene rings is 4. The fraction of sp³-hybridized carbons (Fsp3) is 0.143. The quantitative estimate of drug-likeness (QED) is 0.0641. The van der Waals surface area contributed by atoms with E-state index in [-0.39, 0.29) is 30.8 Å². The minimum atomic E-state index is -0.573. The molecule has 0 aliphatic heterocycles. The number of esters is 2. The Morgan fingerprint density at radius 1 is 0.612 bits per heavy atom. The van der Waals surface area contributed by atoms with Gasteiger partial charge in [-0.3, -0.25) is 9.59 Å². The average Bonchev–Trinajstić information content (AvgIpc) is 3.10. The monoisotopic (exact) mass is 792 g/mol. The number of nitrogens with zero attached hydrogens (tertiary/aromatic N) is 2. The molecular formula is C35H30Br2N4O8. The van der Waals surface area contributed by atoms with E-state index in [1.807, 2.05) is 0 Å². The first kappa shape index (κ1) is 36.5. The highest BCUT2D eigenvalue weighted by Crippen LogP contribution is 2.25. The second kappa shape index (κ2) is 18.3. The van der Waals surface area contributed by atoms with Crippen molar-refractivity contribution < 1.29 is 38.1 Å². The molecule has 0 heterocycles. The number of halogens is 2. The van der Waals surface area contributed by atoms with Crippen LogP contribution in [0.25, 0.3) is 0 Å². The smallest absolute Gasteiger partial charge is 0.343 e. The Balaban J connectivity index is 1.23. The topological polar surface area (TPSA) is 154 Å². The van der Waals surface area contributed by atoms with Gasteiger partial charge in [-0.05, 0) is 91.3 Å². The number of carbonyl (C=O) groups is 4. The normalized spacial score (nSPS) is 10.9. The van der Waals surface area contributed by atoms with Gasteiger partial charge >= 0.3 is 11.9 Å². The summed E-state index contributed by atoms with van der Waals surface area (Å²) in [6, 6.07) is 22.9.